The van der Waals surface area contributed by atoms with E-state index in [0.29, 0.717) is 40.3 Å². The molecule has 1 aliphatic heterocycles. The number of hydrogen-bond donors (Lipinski definition) is 3. The van der Waals surface area contributed by atoms with Gasteiger partial charge in [-0.15, -0.1) is 0 Å². The minimum atomic E-state index is -4.38. The number of carbonyl (C=O) groups excluding carboxylic acids is 1. The Morgan fingerprint density at radius 1 is 0.878 bits per heavy atom. The molecule has 2 aromatic carbocycles. The zero-order valence-corrected chi connectivity index (χ0v) is 30.9. The molecule has 16 heteroatoms. The van der Waals surface area contributed by atoms with Crippen molar-refractivity contribution in [1.29, 1.82) is 0 Å². The van der Waals surface area contributed by atoms with Gasteiger partial charge in [0.15, 0.2) is 0 Å². The standard InChI is InChI=1S/C25H24N4O8S2.2K/c1-4-17(23-16(3)27-29(25(23)31)19-8-12-21(13-9-19)39(35,36)37)5-14-22-15(2)26-28(24(22)30)18-6-10-20(11-7-18)38(32,33)34;;/h5-14,27H,4H2,1-3H3,(H,32,33,34)(H,35,36,37);;. The Labute approximate surface area is 321 Å². The Morgan fingerprint density at radius 3 is 1.83 bits per heavy atom. The predicted molar refractivity (Wildman–Crippen MR) is 156 cm³/mol. The Kier molecular flexibility index (Phi) is 12.7. The summed E-state index contributed by atoms with van der Waals surface area (Å²) in [4.78, 5) is 25.7. The van der Waals surface area contributed by atoms with Crippen molar-refractivity contribution in [1.82, 2.24) is 9.78 Å². The van der Waals surface area contributed by atoms with Crippen LogP contribution in [0.15, 0.2) is 85.9 Å². The average Bonchev–Trinajstić information content (AvgIpc) is 3.33. The summed E-state index contributed by atoms with van der Waals surface area (Å²) in [5.74, 6) is -0.457. The van der Waals surface area contributed by atoms with Crippen LogP contribution in [0.25, 0.3) is 11.3 Å². The van der Waals surface area contributed by atoms with Crippen LogP contribution in [0.4, 0.5) is 5.69 Å². The zero-order valence-electron chi connectivity index (χ0n) is 23.0. The minimum Gasteiger partial charge on any atom is -0.295 e. The van der Waals surface area contributed by atoms with Gasteiger partial charge in [-0.2, -0.15) is 26.9 Å². The zero-order chi connectivity index (χ0) is 28.7. The number of benzene rings is 2. The largest absolute Gasteiger partial charge is 0.295 e. The monoisotopic (exact) mass is 650 g/mol. The second kappa shape index (κ2) is 14.3. The summed E-state index contributed by atoms with van der Waals surface area (Å²) in [5.41, 5.74) is 2.52. The number of hydrazone groups is 1. The van der Waals surface area contributed by atoms with Crippen molar-refractivity contribution in [2.24, 2.45) is 5.10 Å². The van der Waals surface area contributed by atoms with Crippen LogP contribution in [-0.4, -0.2) is 150 Å². The van der Waals surface area contributed by atoms with E-state index < -0.39 is 26.1 Å². The molecule has 41 heavy (non-hydrogen) atoms. The third-order valence-corrected chi connectivity index (χ3v) is 7.79. The summed E-state index contributed by atoms with van der Waals surface area (Å²) in [6, 6.07) is 10.2. The van der Waals surface area contributed by atoms with Gasteiger partial charge in [-0.25, -0.2) is 4.68 Å². The van der Waals surface area contributed by atoms with Crippen LogP contribution < -0.4 is 10.6 Å². The predicted octanol–water partition coefficient (Wildman–Crippen LogP) is 2.35. The maximum absolute atomic E-state index is 13.3. The minimum absolute atomic E-state index is 0. The van der Waals surface area contributed by atoms with E-state index in [0.717, 1.165) is 17.1 Å². The van der Waals surface area contributed by atoms with E-state index in [-0.39, 0.29) is 124 Å². The Bertz CT molecular complexity index is 1840. The molecule has 2 heterocycles. The number of anilines is 1. The molecular weight excluding hydrogens is 627 g/mol. The fourth-order valence-corrected chi connectivity index (χ4v) is 5.04. The molecule has 3 N–H and O–H groups in total. The van der Waals surface area contributed by atoms with E-state index in [1.807, 2.05) is 6.92 Å². The molecule has 1 aliphatic rings. The second-order valence-electron chi connectivity index (χ2n) is 8.62. The summed E-state index contributed by atoms with van der Waals surface area (Å²) < 4.78 is 64.8. The summed E-state index contributed by atoms with van der Waals surface area (Å²) in [6.07, 6.45) is 3.66. The van der Waals surface area contributed by atoms with Crippen LogP contribution in [0.1, 0.15) is 31.5 Å². The van der Waals surface area contributed by atoms with Crippen molar-refractivity contribution in [3.63, 3.8) is 0 Å². The number of H-pyrrole nitrogens is 1. The second-order valence-corrected chi connectivity index (χ2v) is 11.5. The molecular formula is C25H24K2N4O8S2. The van der Waals surface area contributed by atoms with Crippen molar-refractivity contribution in [3.05, 3.63) is 87.9 Å². The van der Waals surface area contributed by atoms with Gasteiger partial charge in [-0.3, -0.25) is 23.8 Å². The number of aromatic nitrogens is 2. The van der Waals surface area contributed by atoms with Crippen molar-refractivity contribution in [2.45, 2.75) is 37.0 Å². The van der Waals surface area contributed by atoms with Crippen molar-refractivity contribution in [3.8, 4) is 5.69 Å². The van der Waals surface area contributed by atoms with E-state index in [9.17, 15) is 31.0 Å². The summed E-state index contributed by atoms with van der Waals surface area (Å²) in [5, 5.41) is 8.32. The number of hydrogen-bond acceptors (Lipinski definition) is 7. The number of aryl methyl sites for hydroxylation is 1. The first-order valence-corrected chi connectivity index (χ1v) is 14.4. The Balaban J connectivity index is 0.00000294. The van der Waals surface area contributed by atoms with Gasteiger partial charge in [0.2, 0.25) is 0 Å². The molecule has 0 aliphatic carbocycles. The summed E-state index contributed by atoms with van der Waals surface area (Å²) in [6.45, 7) is 5.20. The molecule has 1 aromatic heterocycles. The molecule has 0 saturated carbocycles. The third kappa shape index (κ3) is 8.01. The van der Waals surface area contributed by atoms with E-state index in [1.54, 1.807) is 26.0 Å². The van der Waals surface area contributed by atoms with Crippen LogP contribution in [0, 0.1) is 6.92 Å². The summed E-state index contributed by atoms with van der Waals surface area (Å²) >= 11 is 0. The number of amides is 1. The van der Waals surface area contributed by atoms with Gasteiger partial charge < -0.3 is 0 Å². The summed E-state index contributed by atoms with van der Waals surface area (Å²) in [7, 11) is -8.75. The normalized spacial score (nSPS) is 15.0. The van der Waals surface area contributed by atoms with Crippen LogP contribution in [0.2, 0.25) is 0 Å². The average molecular weight is 651 g/mol. The first-order chi connectivity index (χ1) is 18.2. The first kappa shape index (κ1) is 36.4. The Hall–Kier alpha value is -0.837. The number of aromatic amines is 1. The van der Waals surface area contributed by atoms with Crippen molar-refractivity contribution >= 4 is 146 Å². The van der Waals surface area contributed by atoms with E-state index in [2.05, 4.69) is 10.2 Å². The van der Waals surface area contributed by atoms with Gasteiger partial charge >= 0.3 is 0 Å². The molecule has 206 valence electrons. The van der Waals surface area contributed by atoms with Gasteiger partial charge in [-0.05, 0) is 80.4 Å². The smallest absolute Gasteiger partial charge is 0.294 e. The molecule has 0 fully saturated rings. The van der Waals surface area contributed by atoms with Gasteiger partial charge in [0.05, 0.1) is 38.0 Å². The van der Waals surface area contributed by atoms with E-state index in [1.165, 1.54) is 41.1 Å². The number of nitrogens with zero attached hydrogens (tertiary/aromatic N) is 3. The Morgan fingerprint density at radius 2 is 1.37 bits per heavy atom. The molecule has 0 spiro atoms. The van der Waals surface area contributed by atoms with Crippen molar-refractivity contribution in [2.75, 3.05) is 5.01 Å². The number of rotatable bonds is 7. The number of nitrogens with one attached hydrogen (secondary N) is 1. The van der Waals surface area contributed by atoms with Crippen LogP contribution in [0.3, 0.4) is 0 Å². The number of allylic oxidation sites excluding steroid dienone is 3. The van der Waals surface area contributed by atoms with Gasteiger partial charge in [0.25, 0.3) is 31.7 Å². The van der Waals surface area contributed by atoms with E-state index >= 15 is 0 Å². The van der Waals surface area contributed by atoms with Crippen molar-refractivity contribution < 1.29 is 30.7 Å². The molecule has 12 nitrogen and oxygen atoms in total. The maximum atomic E-state index is 13.3. The van der Waals surface area contributed by atoms with Crippen LogP contribution >= 0.6 is 0 Å². The molecule has 1 amide bonds. The molecule has 2 radical (unpaired) electrons. The molecule has 3 aromatic rings. The molecule has 0 atom stereocenters. The molecule has 0 unspecified atom stereocenters. The SMILES string of the molecule is CCC(=CC=C1C(=O)N(c2ccc(S(=O)(=O)O)cc2)N=C1C)c1c(C)[nH]n(-c2ccc(S(=O)(=O)O)cc2)c1=O.[K].[K]. The fraction of sp³-hybridized carbons (Fsp3) is 0.160. The fourth-order valence-electron chi connectivity index (χ4n) is 4.08. The van der Waals surface area contributed by atoms with Gasteiger partial charge in [-0.1, -0.05) is 13.0 Å². The number of carbonyl (C=O) groups is 1. The van der Waals surface area contributed by atoms with Crippen LogP contribution in [0.5, 0.6) is 0 Å². The molecule has 0 saturated heterocycles. The van der Waals surface area contributed by atoms with Gasteiger partial charge in [0.1, 0.15) is 0 Å². The molecule has 0 bridgehead atoms. The topological polar surface area (TPSA) is 179 Å². The maximum Gasteiger partial charge on any atom is 0.294 e. The van der Waals surface area contributed by atoms with Gasteiger partial charge in [0, 0.05) is 108 Å². The first-order valence-electron chi connectivity index (χ1n) is 11.5. The van der Waals surface area contributed by atoms with E-state index in [4.69, 9.17) is 4.55 Å². The quantitative estimate of drug-likeness (QED) is 0.198. The molecule has 4 rings (SSSR count). The third-order valence-electron chi connectivity index (χ3n) is 6.06. The van der Waals surface area contributed by atoms with Crippen LogP contribution in [-0.2, 0) is 25.0 Å².